The van der Waals surface area contributed by atoms with Crippen molar-refractivity contribution in [3.63, 3.8) is 0 Å². The van der Waals surface area contributed by atoms with Gasteiger partial charge in [0.2, 0.25) is 11.8 Å². The average Bonchev–Trinajstić information content (AvgIpc) is 2.75. The van der Waals surface area contributed by atoms with Crippen LogP contribution in [-0.4, -0.2) is 38.1 Å². The molecule has 2 amide bonds. The number of hydrogen-bond donors (Lipinski definition) is 3. The summed E-state index contributed by atoms with van der Waals surface area (Å²) < 4.78 is 11.1. The molecule has 0 aliphatic carbocycles. The predicted molar refractivity (Wildman–Crippen MR) is 76.0 cm³/mol. The van der Waals surface area contributed by atoms with Crippen molar-refractivity contribution in [2.24, 2.45) is 5.73 Å². The third-order valence-electron chi connectivity index (χ3n) is 2.93. The van der Waals surface area contributed by atoms with Gasteiger partial charge in [0, 0.05) is 13.0 Å². The maximum Gasteiger partial charge on any atom is 0.239 e. The Labute approximate surface area is 122 Å². The standard InChI is InChI=1S/C14H19N3O4/c15-7-13(18)17-9-14(19)16-8-10-2-3-11-12(6-10)21-5-1-4-20-11/h2-3,6H,1,4-5,7-9,15H2,(H,16,19)(H,17,18). The van der Waals surface area contributed by atoms with Crippen molar-refractivity contribution in [1.82, 2.24) is 10.6 Å². The molecule has 0 fully saturated rings. The third kappa shape index (κ3) is 4.64. The first-order chi connectivity index (χ1) is 10.2. The van der Waals surface area contributed by atoms with Gasteiger partial charge in [0.05, 0.1) is 26.3 Å². The van der Waals surface area contributed by atoms with E-state index < -0.39 is 0 Å². The SMILES string of the molecule is NCC(=O)NCC(=O)NCc1ccc2c(c1)OCCCO2. The molecule has 1 aromatic carbocycles. The summed E-state index contributed by atoms with van der Waals surface area (Å²) in [6, 6.07) is 5.55. The molecule has 7 heteroatoms. The van der Waals surface area contributed by atoms with Crippen LogP contribution in [0.1, 0.15) is 12.0 Å². The number of fused-ring (bicyclic) bond motifs is 1. The van der Waals surface area contributed by atoms with E-state index in [2.05, 4.69) is 10.6 Å². The number of rotatable bonds is 5. The average molecular weight is 293 g/mol. The van der Waals surface area contributed by atoms with Crippen molar-refractivity contribution in [2.75, 3.05) is 26.3 Å². The molecule has 2 rings (SSSR count). The Bertz CT molecular complexity index is 519. The highest BCUT2D eigenvalue weighted by molar-refractivity contribution is 5.85. The number of hydrogen-bond acceptors (Lipinski definition) is 5. The van der Waals surface area contributed by atoms with Gasteiger partial charge in [-0.2, -0.15) is 0 Å². The number of ether oxygens (including phenoxy) is 2. The Balaban J connectivity index is 1.84. The summed E-state index contributed by atoms with van der Waals surface area (Å²) in [4.78, 5) is 22.5. The highest BCUT2D eigenvalue weighted by Gasteiger charge is 2.11. The van der Waals surface area contributed by atoms with Crippen LogP contribution in [0.5, 0.6) is 11.5 Å². The third-order valence-corrected chi connectivity index (χ3v) is 2.93. The Hall–Kier alpha value is -2.28. The molecule has 0 aromatic heterocycles. The molecule has 0 atom stereocenters. The van der Waals surface area contributed by atoms with Gasteiger partial charge in [-0.05, 0) is 17.7 Å². The largest absolute Gasteiger partial charge is 0.490 e. The molecular weight excluding hydrogens is 274 g/mol. The van der Waals surface area contributed by atoms with Crippen LogP contribution >= 0.6 is 0 Å². The fourth-order valence-corrected chi connectivity index (χ4v) is 1.83. The summed E-state index contributed by atoms with van der Waals surface area (Å²) in [6.07, 6.45) is 0.849. The molecule has 0 spiro atoms. The second-order valence-corrected chi connectivity index (χ2v) is 4.59. The Morgan fingerprint density at radius 2 is 1.86 bits per heavy atom. The van der Waals surface area contributed by atoms with Crippen LogP contribution < -0.4 is 25.8 Å². The van der Waals surface area contributed by atoms with E-state index in [1.165, 1.54) is 0 Å². The van der Waals surface area contributed by atoms with Gasteiger partial charge in [-0.3, -0.25) is 9.59 Å². The monoisotopic (exact) mass is 293 g/mol. The maximum atomic E-state index is 11.6. The lowest BCUT2D eigenvalue weighted by atomic mass is 10.2. The van der Waals surface area contributed by atoms with Gasteiger partial charge in [0.15, 0.2) is 11.5 Å². The fourth-order valence-electron chi connectivity index (χ4n) is 1.83. The van der Waals surface area contributed by atoms with Gasteiger partial charge in [-0.15, -0.1) is 0 Å². The van der Waals surface area contributed by atoms with E-state index in [-0.39, 0.29) is 24.9 Å². The minimum absolute atomic E-state index is 0.0828. The van der Waals surface area contributed by atoms with Gasteiger partial charge in [-0.1, -0.05) is 6.07 Å². The van der Waals surface area contributed by atoms with E-state index in [0.717, 1.165) is 17.7 Å². The molecule has 21 heavy (non-hydrogen) atoms. The van der Waals surface area contributed by atoms with Gasteiger partial charge >= 0.3 is 0 Å². The molecule has 1 aliphatic rings. The minimum atomic E-state index is -0.360. The lowest BCUT2D eigenvalue weighted by Gasteiger charge is -2.10. The van der Waals surface area contributed by atoms with Crippen molar-refractivity contribution < 1.29 is 19.1 Å². The molecule has 0 unspecified atom stereocenters. The summed E-state index contributed by atoms with van der Waals surface area (Å²) in [7, 11) is 0. The van der Waals surface area contributed by atoms with Gasteiger partial charge in [-0.25, -0.2) is 0 Å². The van der Waals surface area contributed by atoms with Crippen molar-refractivity contribution in [1.29, 1.82) is 0 Å². The lowest BCUT2D eigenvalue weighted by molar-refractivity contribution is -0.125. The van der Waals surface area contributed by atoms with Crippen LogP contribution in [0.25, 0.3) is 0 Å². The number of carbonyl (C=O) groups excluding carboxylic acids is 2. The second kappa shape index (κ2) is 7.49. The quantitative estimate of drug-likeness (QED) is 0.681. The molecule has 0 saturated heterocycles. The first kappa shape index (κ1) is 15.1. The van der Waals surface area contributed by atoms with Crippen molar-refractivity contribution in [3.8, 4) is 11.5 Å². The molecule has 114 valence electrons. The number of amides is 2. The number of nitrogens with two attached hydrogens (primary N) is 1. The first-order valence-corrected chi connectivity index (χ1v) is 6.81. The van der Waals surface area contributed by atoms with E-state index in [4.69, 9.17) is 15.2 Å². The predicted octanol–water partition coefficient (Wildman–Crippen LogP) is -0.461. The van der Waals surface area contributed by atoms with Crippen LogP contribution in [0.4, 0.5) is 0 Å². The van der Waals surface area contributed by atoms with Crippen molar-refractivity contribution in [2.45, 2.75) is 13.0 Å². The minimum Gasteiger partial charge on any atom is -0.490 e. The Morgan fingerprint density at radius 1 is 1.10 bits per heavy atom. The Morgan fingerprint density at radius 3 is 2.62 bits per heavy atom. The molecule has 7 nitrogen and oxygen atoms in total. The van der Waals surface area contributed by atoms with Crippen molar-refractivity contribution >= 4 is 11.8 Å². The highest BCUT2D eigenvalue weighted by atomic mass is 16.5. The van der Waals surface area contributed by atoms with E-state index in [9.17, 15) is 9.59 Å². The van der Waals surface area contributed by atoms with Crippen molar-refractivity contribution in [3.05, 3.63) is 23.8 Å². The second-order valence-electron chi connectivity index (χ2n) is 4.59. The summed E-state index contributed by atoms with van der Waals surface area (Å²) in [5.41, 5.74) is 6.03. The molecule has 0 bridgehead atoms. The molecule has 0 saturated carbocycles. The van der Waals surface area contributed by atoms with E-state index in [1.807, 2.05) is 18.2 Å². The van der Waals surface area contributed by atoms with Gasteiger partial charge in [0.25, 0.3) is 0 Å². The maximum absolute atomic E-state index is 11.6. The summed E-state index contributed by atoms with van der Waals surface area (Å²) in [6.45, 7) is 1.40. The normalized spacial score (nSPS) is 13.2. The smallest absolute Gasteiger partial charge is 0.239 e. The van der Waals surface area contributed by atoms with E-state index >= 15 is 0 Å². The molecule has 0 radical (unpaired) electrons. The van der Waals surface area contributed by atoms with Crippen LogP contribution in [0.15, 0.2) is 18.2 Å². The lowest BCUT2D eigenvalue weighted by Crippen LogP contribution is -2.39. The molecular formula is C14H19N3O4. The zero-order valence-electron chi connectivity index (χ0n) is 11.7. The topological polar surface area (TPSA) is 103 Å². The van der Waals surface area contributed by atoms with E-state index in [1.54, 1.807) is 0 Å². The zero-order chi connectivity index (χ0) is 15.1. The zero-order valence-corrected chi connectivity index (χ0v) is 11.7. The van der Waals surface area contributed by atoms with Crippen LogP contribution in [0, 0.1) is 0 Å². The highest BCUT2D eigenvalue weighted by Crippen LogP contribution is 2.30. The molecule has 1 aliphatic heterocycles. The molecule has 1 heterocycles. The number of benzene rings is 1. The Kier molecular flexibility index (Phi) is 5.39. The van der Waals surface area contributed by atoms with Crippen LogP contribution in [0.3, 0.4) is 0 Å². The molecule has 4 N–H and O–H groups in total. The van der Waals surface area contributed by atoms with E-state index in [0.29, 0.717) is 25.5 Å². The number of nitrogens with one attached hydrogen (secondary N) is 2. The summed E-state index contributed by atoms with van der Waals surface area (Å²) in [5.74, 6) is 0.776. The number of carbonyl (C=O) groups is 2. The summed E-state index contributed by atoms with van der Waals surface area (Å²) >= 11 is 0. The molecule has 1 aromatic rings. The fraction of sp³-hybridized carbons (Fsp3) is 0.429. The van der Waals surface area contributed by atoms with Crippen LogP contribution in [-0.2, 0) is 16.1 Å². The van der Waals surface area contributed by atoms with Gasteiger partial charge in [0.1, 0.15) is 0 Å². The van der Waals surface area contributed by atoms with Gasteiger partial charge < -0.3 is 25.8 Å². The first-order valence-electron chi connectivity index (χ1n) is 6.81. The summed E-state index contributed by atoms with van der Waals surface area (Å²) in [5, 5.41) is 5.12. The van der Waals surface area contributed by atoms with Crippen LogP contribution in [0.2, 0.25) is 0 Å².